The Hall–Kier alpha value is -1.38. The topological polar surface area (TPSA) is 38.7 Å². The molecule has 0 amide bonds. The lowest BCUT2D eigenvalue weighted by atomic mass is 10.2. The van der Waals surface area contributed by atoms with Gasteiger partial charge in [0, 0.05) is 0 Å². The van der Waals surface area contributed by atoms with Crippen LogP contribution in [-0.4, -0.2) is 7.11 Å². The predicted octanol–water partition coefficient (Wildman–Crippen LogP) is 2.40. The molecule has 0 radical (unpaired) electrons. The molecule has 0 bridgehead atoms. The molecule has 1 rings (SSSR count). The standard InChI is InChI=1S/C8H9NO2/c1-6-5-7(11-2)3-4-8(6)9-10/h3-5H,1-2H3. The summed E-state index contributed by atoms with van der Waals surface area (Å²) in [5.74, 6) is 0.745. The van der Waals surface area contributed by atoms with E-state index in [-0.39, 0.29) is 0 Å². The van der Waals surface area contributed by atoms with E-state index in [1.807, 2.05) is 6.92 Å². The molecule has 0 unspecified atom stereocenters. The molecule has 0 aliphatic heterocycles. The molecule has 58 valence electrons. The Kier molecular flexibility index (Phi) is 2.21. The highest BCUT2D eigenvalue weighted by molar-refractivity contribution is 5.48. The van der Waals surface area contributed by atoms with Crippen LogP contribution in [0.15, 0.2) is 23.4 Å². The Morgan fingerprint density at radius 2 is 2.18 bits per heavy atom. The quantitative estimate of drug-likeness (QED) is 0.609. The van der Waals surface area contributed by atoms with Crippen LogP contribution in [0, 0.1) is 11.8 Å². The zero-order chi connectivity index (χ0) is 8.27. The minimum Gasteiger partial charge on any atom is -0.497 e. The van der Waals surface area contributed by atoms with Gasteiger partial charge in [-0.25, -0.2) is 0 Å². The maximum Gasteiger partial charge on any atom is 0.119 e. The van der Waals surface area contributed by atoms with E-state index < -0.39 is 0 Å². The molecule has 0 saturated heterocycles. The number of hydrogen-bond acceptors (Lipinski definition) is 3. The zero-order valence-electron chi connectivity index (χ0n) is 6.50. The number of hydrogen-bond donors (Lipinski definition) is 0. The first-order valence-corrected chi connectivity index (χ1v) is 3.26. The van der Waals surface area contributed by atoms with Gasteiger partial charge in [0.15, 0.2) is 0 Å². The number of nitroso groups, excluding NO2 is 1. The van der Waals surface area contributed by atoms with E-state index >= 15 is 0 Å². The van der Waals surface area contributed by atoms with Gasteiger partial charge in [0.2, 0.25) is 0 Å². The monoisotopic (exact) mass is 151 g/mol. The smallest absolute Gasteiger partial charge is 0.119 e. The molecule has 0 fully saturated rings. The van der Waals surface area contributed by atoms with Crippen LogP contribution in [0.3, 0.4) is 0 Å². The fraction of sp³-hybridized carbons (Fsp3) is 0.250. The minimum absolute atomic E-state index is 0.464. The molecule has 0 heterocycles. The predicted molar refractivity (Wildman–Crippen MR) is 43.2 cm³/mol. The van der Waals surface area contributed by atoms with Gasteiger partial charge >= 0.3 is 0 Å². The number of benzene rings is 1. The van der Waals surface area contributed by atoms with E-state index in [9.17, 15) is 4.91 Å². The average Bonchev–Trinajstić information content (AvgIpc) is 2.04. The molecular formula is C8H9NO2. The molecule has 0 atom stereocenters. The van der Waals surface area contributed by atoms with Crippen molar-refractivity contribution in [3.8, 4) is 5.75 Å². The normalized spacial score (nSPS) is 9.27. The molecule has 3 heteroatoms. The van der Waals surface area contributed by atoms with Gasteiger partial charge in [-0.3, -0.25) is 0 Å². The molecule has 0 aliphatic rings. The first kappa shape index (κ1) is 7.72. The third-order valence-electron chi connectivity index (χ3n) is 1.50. The van der Waals surface area contributed by atoms with Gasteiger partial charge < -0.3 is 4.74 Å². The van der Waals surface area contributed by atoms with E-state index in [0.717, 1.165) is 11.3 Å². The summed E-state index contributed by atoms with van der Waals surface area (Å²) in [7, 11) is 1.59. The third-order valence-corrected chi connectivity index (χ3v) is 1.50. The second-order valence-electron chi connectivity index (χ2n) is 2.24. The fourth-order valence-corrected chi connectivity index (χ4v) is 0.857. The third kappa shape index (κ3) is 1.55. The minimum atomic E-state index is 0.464. The highest BCUT2D eigenvalue weighted by Crippen LogP contribution is 2.22. The second kappa shape index (κ2) is 3.14. The first-order chi connectivity index (χ1) is 5.27. The Morgan fingerprint density at radius 3 is 2.64 bits per heavy atom. The van der Waals surface area contributed by atoms with Gasteiger partial charge in [-0.2, -0.15) is 0 Å². The molecule has 0 aromatic heterocycles. The maximum absolute atomic E-state index is 10.1. The van der Waals surface area contributed by atoms with Gasteiger partial charge in [0.1, 0.15) is 11.4 Å². The molecule has 1 aromatic carbocycles. The molecule has 11 heavy (non-hydrogen) atoms. The lowest BCUT2D eigenvalue weighted by Gasteiger charge is -2.00. The average molecular weight is 151 g/mol. The van der Waals surface area contributed by atoms with Crippen LogP contribution in [0.1, 0.15) is 5.56 Å². The number of ether oxygens (including phenoxy) is 1. The number of nitrogens with zero attached hydrogens (tertiary/aromatic N) is 1. The summed E-state index contributed by atoms with van der Waals surface area (Å²) in [5, 5.41) is 2.84. The summed E-state index contributed by atoms with van der Waals surface area (Å²) in [6.45, 7) is 1.82. The van der Waals surface area contributed by atoms with Crippen LogP contribution in [0.2, 0.25) is 0 Å². The van der Waals surface area contributed by atoms with Crippen molar-refractivity contribution in [3.05, 3.63) is 28.7 Å². The number of aryl methyl sites for hydroxylation is 1. The SMILES string of the molecule is COc1ccc(N=O)c(C)c1. The molecule has 0 saturated carbocycles. The van der Waals surface area contributed by atoms with Crippen molar-refractivity contribution in [2.75, 3.05) is 7.11 Å². The summed E-state index contributed by atoms with van der Waals surface area (Å²) < 4.78 is 4.95. The van der Waals surface area contributed by atoms with Gasteiger partial charge in [-0.15, -0.1) is 4.91 Å². The van der Waals surface area contributed by atoms with E-state index in [4.69, 9.17) is 4.74 Å². The van der Waals surface area contributed by atoms with Gasteiger partial charge in [0.25, 0.3) is 0 Å². The van der Waals surface area contributed by atoms with E-state index in [2.05, 4.69) is 5.18 Å². The lowest BCUT2D eigenvalue weighted by molar-refractivity contribution is 0.414. The molecule has 0 spiro atoms. The van der Waals surface area contributed by atoms with Crippen molar-refractivity contribution in [1.82, 2.24) is 0 Å². The van der Waals surface area contributed by atoms with Crippen LogP contribution in [0.4, 0.5) is 5.69 Å². The van der Waals surface area contributed by atoms with Crippen LogP contribution < -0.4 is 4.74 Å². The molecule has 0 aliphatic carbocycles. The summed E-state index contributed by atoms with van der Waals surface area (Å²) >= 11 is 0. The highest BCUT2D eigenvalue weighted by Gasteiger charge is 1.98. The van der Waals surface area contributed by atoms with Crippen LogP contribution in [0.5, 0.6) is 5.75 Å². The van der Waals surface area contributed by atoms with Crippen molar-refractivity contribution in [3.63, 3.8) is 0 Å². The Bertz CT molecular complexity index is 271. The Balaban J connectivity index is 3.09. The zero-order valence-corrected chi connectivity index (χ0v) is 6.50. The van der Waals surface area contributed by atoms with Crippen LogP contribution >= 0.6 is 0 Å². The first-order valence-electron chi connectivity index (χ1n) is 3.26. The van der Waals surface area contributed by atoms with Crippen molar-refractivity contribution in [2.45, 2.75) is 6.92 Å². The lowest BCUT2D eigenvalue weighted by Crippen LogP contribution is -1.82. The molecule has 0 N–H and O–H groups in total. The van der Waals surface area contributed by atoms with E-state index in [0.29, 0.717) is 5.69 Å². The van der Waals surface area contributed by atoms with Crippen molar-refractivity contribution >= 4 is 5.69 Å². The van der Waals surface area contributed by atoms with E-state index in [1.54, 1.807) is 25.3 Å². The fourth-order valence-electron chi connectivity index (χ4n) is 0.857. The summed E-state index contributed by atoms with van der Waals surface area (Å²) in [6, 6.07) is 5.13. The van der Waals surface area contributed by atoms with Crippen LogP contribution in [-0.2, 0) is 0 Å². The summed E-state index contributed by atoms with van der Waals surface area (Å²) in [6.07, 6.45) is 0. The van der Waals surface area contributed by atoms with E-state index in [1.165, 1.54) is 0 Å². The number of rotatable bonds is 2. The second-order valence-corrected chi connectivity index (χ2v) is 2.24. The Morgan fingerprint density at radius 1 is 1.45 bits per heavy atom. The molecule has 3 nitrogen and oxygen atoms in total. The van der Waals surface area contributed by atoms with Crippen LogP contribution in [0.25, 0.3) is 0 Å². The van der Waals surface area contributed by atoms with Crippen molar-refractivity contribution < 1.29 is 4.74 Å². The molecule has 1 aromatic rings. The number of methoxy groups -OCH3 is 1. The summed E-state index contributed by atoms with van der Waals surface area (Å²) in [5.41, 5.74) is 1.30. The van der Waals surface area contributed by atoms with Crippen molar-refractivity contribution in [2.24, 2.45) is 5.18 Å². The maximum atomic E-state index is 10.1. The van der Waals surface area contributed by atoms with Crippen molar-refractivity contribution in [1.29, 1.82) is 0 Å². The Labute approximate surface area is 65.0 Å². The highest BCUT2D eigenvalue weighted by atomic mass is 16.5. The van der Waals surface area contributed by atoms with Gasteiger partial charge in [-0.05, 0) is 35.9 Å². The molecular weight excluding hydrogens is 142 g/mol. The largest absolute Gasteiger partial charge is 0.497 e. The van der Waals surface area contributed by atoms with Gasteiger partial charge in [0.05, 0.1) is 7.11 Å². The summed E-state index contributed by atoms with van der Waals surface area (Å²) in [4.78, 5) is 10.1. The van der Waals surface area contributed by atoms with Gasteiger partial charge in [-0.1, -0.05) is 0 Å².